The van der Waals surface area contributed by atoms with E-state index in [0.717, 1.165) is 0 Å². The van der Waals surface area contributed by atoms with Crippen molar-refractivity contribution in [3.63, 3.8) is 0 Å². The highest BCUT2D eigenvalue weighted by atomic mass is 79.9. The monoisotopic (exact) mass is 327 g/mol. The van der Waals surface area contributed by atoms with E-state index in [1.54, 1.807) is 13.0 Å². The second-order valence-electron chi connectivity index (χ2n) is 3.60. The Labute approximate surface area is 117 Å². The van der Waals surface area contributed by atoms with E-state index in [0.29, 0.717) is 18.1 Å². The Bertz CT molecular complexity index is 645. The Morgan fingerprint density at radius 3 is 3.00 bits per heavy atom. The second-order valence-corrected chi connectivity index (χ2v) is 4.39. The van der Waals surface area contributed by atoms with Crippen molar-refractivity contribution >= 4 is 27.4 Å². The zero-order chi connectivity index (χ0) is 13.8. The molecule has 1 aromatic heterocycles. The maximum Gasteiger partial charge on any atom is 0.267 e. The van der Waals surface area contributed by atoms with Crippen LogP contribution in [0.1, 0.15) is 6.92 Å². The van der Waals surface area contributed by atoms with Crippen molar-refractivity contribution in [2.24, 2.45) is 0 Å². The summed E-state index contributed by atoms with van der Waals surface area (Å²) in [5, 5.41) is 2.85. The molecule has 2 N–H and O–H groups in total. The largest absolute Gasteiger partial charge is 0.491 e. The number of halogens is 2. The van der Waals surface area contributed by atoms with Gasteiger partial charge in [-0.1, -0.05) is 0 Å². The Morgan fingerprint density at radius 2 is 2.32 bits per heavy atom. The number of H-pyrrole nitrogens is 1. The van der Waals surface area contributed by atoms with Crippen LogP contribution in [-0.4, -0.2) is 16.6 Å². The molecule has 0 amide bonds. The van der Waals surface area contributed by atoms with E-state index in [9.17, 15) is 9.18 Å². The summed E-state index contributed by atoms with van der Waals surface area (Å²) in [5.41, 5.74) is 0.156. The first-order valence-electron chi connectivity index (χ1n) is 5.54. The number of ether oxygens (including phenoxy) is 1. The number of nitrogens with one attached hydrogen (secondary N) is 2. The summed E-state index contributed by atoms with van der Waals surface area (Å²) in [7, 11) is 0. The molecule has 0 saturated heterocycles. The molecule has 2 rings (SSSR count). The minimum Gasteiger partial charge on any atom is -0.491 e. The van der Waals surface area contributed by atoms with Gasteiger partial charge in [0.05, 0.1) is 12.9 Å². The van der Waals surface area contributed by atoms with E-state index >= 15 is 0 Å². The molecule has 0 atom stereocenters. The number of rotatable bonds is 4. The molecule has 0 aliphatic rings. The first-order chi connectivity index (χ1) is 9.11. The molecule has 5 nitrogen and oxygen atoms in total. The third-order valence-corrected chi connectivity index (χ3v) is 3.03. The molecular formula is C12H11BrFN3O2. The maximum atomic E-state index is 13.7. The van der Waals surface area contributed by atoms with Crippen LogP contribution in [0.15, 0.2) is 33.8 Å². The first kappa shape index (κ1) is 13.5. The average Bonchev–Trinajstić information content (AvgIpc) is 2.38. The molecule has 1 heterocycles. The molecule has 2 aromatic rings. The van der Waals surface area contributed by atoms with E-state index in [1.165, 1.54) is 18.5 Å². The quantitative estimate of drug-likeness (QED) is 0.906. The highest BCUT2D eigenvalue weighted by Crippen LogP contribution is 2.24. The highest BCUT2D eigenvalue weighted by Gasteiger charge is 2.08. The van der Waals surface area contributed by atoms with Gasteiger partial charge in [-0.2, -0.15) is 0 Å². The van der Waals surface area contributed by atoms with Crippen LogP contribution in [0.3, 0.4) is 0 Å². The Balaban J connectivity index is 2.26. The van der Waals surface area contributed by atoms with E-state index in [4.69, 9.17) is 4.74 Å². The molecule has 0 radical (unpaired) electrons. The number of benzene rings is 1. The predicted molar refractivity (Wildman–Crippen MR) is 73.4 cm³/mol. The van der Waals surface area contributed by atoms with E-state index in [2.05, 4.69) is 31.2 Å². The van der Waals surface area contributed by atoms with Gasteiger partial charge in [0.15, 0.2) is 17.4 Å². The van der Waals surface area contributed by atoms with Crippen LogP contribution in [0, 0.1) is 5.82 Å². The number of aromatic nitrogens is 2. The molecule has 0 bridgehead atoms. The van der Waals surface area contributed by atoms with Crippen LogP contribution in [0.5, 0.6) is 5.75 Å². The number of hydrogen-bond donors (Lipinski definition) is 2. The number of aromatic amines is 1. The van der Waals surface area contributed by atoms with Crippen molar-refractivity contribution in [3.05, 3.63) is 45.2 Å². The molecule has 1 aromatic carbocycles. The number of hydrogen-bond acceptors (Lipinski definition) is 4. The molecule has 0 aliphatic carbocycles. The third kappa shape index (κ3) is 3.11. The van der Waals surface area contributed by atoms with E-state index in [1.807, 2.05) is 0 Å². The van der Waals surface area contributed by atoms with Crippen molar-refractivity contribution in [2.45, 2.75) is 6.92 Å². The lowest BCUT2D eigenvalue weighted by Gasteiger charge is -2.09. The smallest absolute Gasteiger partial charge is 0.267 e. The number of nitrogens with zero attached hydrogens (tertiary/aromatic N) is 1. The second kappa shape index (κ2) is 5.83. The average molecular weight is 328 g/mol. The zero-order valence-electron chi connectivity index (χ0n) is 10.0. The molecule has 7 heteroatoms. The van der Waals surface area contributed by atoms with Gasteiger partial charge in [0.25, 0.3) is 5.56 Å². The highest BCUT2D eigenvalue weighted by molar-refractivity contribution is 9.10. The van der Waals surface area contributed by atoms with Gasteiger partial charge in [-0.15, -0.1) is 0 Å². The fourth-order valence-corrected chi connectivity index (χ4v) is 1.77. The van der Waals surface area contributed by atoms with Gasteiger partial charge in [0.1, 0.15) is 4.47 Å². The normalized spacial score (nSPS) is 10.3. The molecule has 0 saturated carbocycles. The summed E-state index contributed by atoms with van der Waals surface area (Å²) in [5.74, 6) is 0.0195. The summed E-state index contributed by atoms with van der Waals surface area (Å²) in [6, 6.07) is 4.44. The predicted octanol–water partition coefficient (Wildman–Crippen LogP) is 2.81. The molecular weight excluding hydrogens is 317 g/mol. The van der Waals surface area contributed by atoms with Gasteiger partial charge in [-0.25, -0.2) is 9.37 Å². The third-order valence-electron chi connectivity index (χ3n) is 2.29. The molecule has 0 spiro atoms. The first-order valence-corrected chi connectivity index (χ1v) is 6.33. The van der Waals surface area contributed by atoms with Gasteiger partial charge in [-0.3, -0.25) is 4.79 Å². The molecule has 0 aliphatic heterocycles. The molecule has 0 unspecified atom stereocenters. The fourth-order valence-electron chi connectivity index (χ4n) is 1.46. The topological polar surface area (TPSA) is 67.0 Å². The van der Waals surface area contributed by atoms with Crippen LogP contribution < -0.4 is 15.6 Å². The lowest BCUT2D eigenvalue weighted by Crippen LogP contribution is -2.10. The fraction of sp³-hybridized carbons (Fsp3) is 0.167. The van der Waals surface area contributed by atoms with E-state index < -0.39 is 5.82 Å². The lowest BCUT2D eigenvalue weighted by atomic mass is 10.3. The summed E-state index contributed by atoms with van der Waals surface area (Å²) in [6.45, 7) is 2.17. The van der Waals surface area contributed by atoms with Crippen molar-refractivity contribution in [3.8, 4) is 5.75 Å². The van der Waals surface area contributed by atoms with Crippen molar-refractivity contribution in [1.82, 2.24) is 9.97 Å². The van der Waals surface area contributed by atoms with Gasteiger partial charge >= 0.3 is 0 Å². The Morgan fingerprint density at radius 1 is 1.53 bits per heavy atom. The van der Waals surface area contributed by atoms with Crippen molar-refractivity contribution in [2.75, 3.05) is 11.9 Å². The standard InChI is InChI=1S/C12H11BrFN3O2/c1-2-19-9-4-3-7(5-8(9)14)17-11-10(13)12(18)16-6-15-11/h3-6H,2H2,1H3,(H2,15,16,17,18). The van der Waals surface area contributed by atoms with Crippen LogP contribution in [0.4, 0.5) is 15.9 Å². The number of anilines is 2. The Hall–Kier alpha value is -1.89. The Kier molecular flexibility index (Phi) is 4.16. The van der Waals surface area contributed by atoms with Crippen LogP contribution in [0.25, 0.3) is 0 Å². The maximum absolute atomic E-state index is 13.7. The van der Waals surface area contributed by atoms with Gasteiger partial charge in [0, 0.05) is 11.8 Å². The summed E-state index contributed by atoms with van der Waals surface area (Å²) in [4.78, 5) is 17.7. The van der Waals surface area contributed by atoms with Gasteiger partial charge in [0.2, 0.25) is 0 Å². The van der Waals surface area contributed by atoms with Gasteiger partial charge < -0.3 is 15.0 Å². The van der Waals surface area contributed by atoms with Crippen molar-refractivity contribution < 1.29 is 9.13 Å². The lowest BCUT2D eigenvalue weighted by molar-refractivity contribution is 0.321. The van der Waals surface area contributed by atoms with E-state index in [-0.39, 0.29) is 15.8 Å². The minimum absolute atomic E-state index is 0.186. The molecule has 100 valence electrons. The zero-order valence-corrected chi connectivity index (χ0v) is 11.6. The van der Waals surface area contributed by atoms with Crippen LogP contribution >= 0.6 is 15.9 Å². The molecule has 19 heavy (non-hydrogen) atoms. The SMILES string of the molecule is CCOc1ccc(Nc2nc[nH]c(=O)c2Br)cc1F. The summed E-state index contributed by atoms with van der Waals surface area (Å²) < 4.78 is 19.0. The van der Waals surface area contributed by atoms with Crippen LogP contribution in [0.2, 0.25) is 0 Å². The molecule has 0 fully saturated rings. The van der Waals surface area contributed by atoms with Gasteiger partial charge in [-0.05, 0) is 35.0 Å². The minimum atomic E-state index is -0.479. The summed E-state index contributed by atoms with van der Waals surface area (Å²) in [6.07, 6.45) is 1.26. The van der Waals surface area contributed by atoms with Crippen molar-refractivity contribution in [1.29, 1.82) is 0 Å². The summed E-state index contributed by atoms with van der Waals surface area (Å²) >= 11 is 3.11. The van der Waals surface area contributed by atoms with Crippen LogP contribution in [-0.2, 0) is 0 Å².